The fourth-order valence-corrected chi connectivity index (χ4v) is 2.51. The minimum atomic E-state index is -0.120. The van der Waals surface area contributed by atoms with Crippen molar-refractivity contribution in [3.8, 4) is 5.75 Å². The lowest BCUT2D eigenvalue weighted by Gasteiger charge is -2.31. The molecule has 118 valence electrons. The summed E-state index contributed by atoms with van der Waals surface area (Å²) in [4.78, 5) is 6.55. The smallest absolute Gasteiger partial charge is 0.223 e. The standard InChI is InChI=1S/C16H21N3O3/c1-12-4-3-5-14(10-12)20-8-6-19-7-9-21-15(11-19)16-17-13(2)22-18-16/h3-5,10,15H,6-9,11H2,1-2H3/t15-/m0/s1. The second kappa shape index (κ2) is 6.89. The molecule has 1 saturated heterocycles. The molecule has 22 heavy (non-hydrogen) atoms. The van der Waals surface area contributed by atoms with Gasteiger partial charge in [0.2, 0.25) is 11.7 Å². The lowest BCUT2D eigenvalue weighted by Crippen LogP contribution is -2.40. The molecule has 1 atom stereocenters. The van der Waals surface area contributed by atoms with Crippen molar-refractivity contribution in [1.29, 1.82) is 0 Å². The first-order chi connectivity index (χ1) is 10.7. The number of morpholine rings is 1. The monoisotopic (exact) mass is 303 g/mol. The zero-order chi connectivity index (χ0) is 15.4. The van der Waals surface area contributed by atoms with Crippen LogP contribution in [0.3, 0.4) is 0 Å². The van der Waals surface area contributed by atoms with Crippen LogP contribution in [0.4, 0.5) is 0 Å². The van der Waals surface area contributed by atoms with Gasteiger partial charge in [-0.3, -0.25) is 4.90 Å². The summed E-state index contributed by atoms with van der Waals surface area (Å²) in [6, 6.07) is 8.10. The van der Waals surface area contributed by atoms with E-state index in [1.165, 1.54) is 5.56 Å². The second-order valence-corrected chi connectivity index (χ2v) is 5.50. The van der Waals surface area contributed by atoms with E-state index in [-0.39, 0.29) is 6.10 Å². The van der Waals surface area contributed by atoms with Crippen LogP contribution in [-0.4, -0.2) is 47.9 Å². The summed E-state index contributed by atoms with van der Waals surface area (Å²) >= 11 is 0. The first-order valence-electron chi connectivity index (χ1n) is 7.54. The van der Waals surface area contributed by atoms with Crippen LogP contribution >= 0.6 is 0 Å². The lowest BCUT2D eigenvalue weighted by atomic mass is 10.2. The number of benzene rings is 1. The Kier molecular flexibility index (Phi) is 4.70. The Labute approximate surface area is 130 Å². The predicted molar refractivity (Wildman–Crippen MR) is 80.8 cm³/mol. The molecule has 0 radical (unpaired) electrons. The molecule has 0 bridgehead atoms. The van der Waals surface area contributed by atoms with Gasteiger partial charge in [-0.25, -0.2) is 0 Å². The third kappa shape index (κ3) is 3.84. The van der Waals surface area contributed by atoms with Gasteiger partial charge in [0.25, 0.3) is 0 Å². The second-order valence-electron chi connectivity index (χ2n) is 5.50. The fraction of sp³-hybridized carbons (Fsp3) is 0.500. The number of nitrogens with zero attached hydrogens (tertiary/aromatic N) is 3. The number of aryl methyl sites for hydroxylation is 2. The van der Waals surface area contributed by atoms with Crippen molar-refractivity contribution in [3.63, 3.8) is 0 Å². The van der Waals surface area contributed by atoms with Crippen molar-refractivity contribution in [1.82, 2.24) is 15.0 Å². The molecule has 0 unspecified atom stereocenters. The Hall–Kier alpha value is -1.92. The topological polar surface area (TPSA) is 60.6 Å². The fourth-order valence-electron chi connectivity index (χ4n) is 2.51. The lowest BCUT2D eigenvalue weighted by molar-refractivity contribution is -0.0379. The molecular formula is C16H21N3O3. The summed E-state index contributed by atoms with van der Waals surface area (Å²) < 4.78 is 16.5. The van der Waals surface area contributed by atoms with Crippen molar-refractivity contribution in [2.24, 2.45) is 0 Å². The minimum absolute atomic E-state index is 0.120. The van der Waals surface area contributed by atoms with E-state index >= 15 is 0 Å². The average molecular weight is 303 g/mol. The van der Waals surface area contributed by atoms with E-state index in [0.29, 0.717) is 24.9 Å². The number of aromatic nitrogens is 2. The zero-order valence-electron chi connectivity index (χ0n) is 13.0. The van der Waals surface area contributed by atoms with Crippen LogP contribution in [0, 0.1) is 13.8 Å². The van der Waals surface area contributed by atoms with Gasteiger partial charge >= 0.3 is 0 Å². The first-order valence-corrected chi connectivity index (χ1v) is 7.54. The van der Waals surface area contributed by atoms with Gasteiger partial charge in [0, 0.05) is 26.6 Å². The van der Waals surface area contributed by atoms with Crippen molar-refractivity contribution >= 4 is 0 Å². The molecule has 0 aliphatic carbocycles. The number of hydrogen-bond donors (Lipinski definition) is 0. The molecule has 0 saturated carbocycles. The maximum atomic E-state index is 5.80. The molecule has 1 aliphatic heterocycles. The number of ether oxygens (including phenoxy) is 2. The SMILES string of the molecule is Cc1cccc(OCCN2CCO[C@H](c3noc(C)n3)C2)c1. The van der Waals surface area contributed by atoms with E-state index < -0.39 is 0 Å². The van der Waals surface area contributed by atoms with Gasteiger partial charge in [-0.05, 0) is 24.6 Å². The maximum Gasteiger partial charge on any atom is 0.223 e. The molecule has 2 heterocycles. The summed E-state index contributed by atoms with van der Waals surface area (Å²) in [5, 5.41) is 3.94. The van der Waals surface area contributed by atoms with Crippen LogP contribution in [0.5, 0.6) is 5.75 Å². The van der Waals surface area contributed by atoms with Gasteiger partial charge in [-0.1, -0.05) is 17.3 Å². The maximum absolute atomic E-state index is 5.80. The highest BCUT2D eigenvalue weighted by Crippen LogP contribution is 2.19. The van der Waals surface area contributed by atoms with Crippen LogP contribution in [0.1, 0.15) is 23.4 Å². The summed E-state index contributed by atoms with van der Waals surface area (Å²) in [6.07, 6.45) is -0.120. The van der Waals surface area contributed by atoms with E-state index in [2.05, 4.69) is 28.0 Å². The van der Waals surface area contributed by atoms with Gasteiger partial charge in [-0.2, -0.15) is 4.98 Å². The summed E-state index contributed by atoms with van der Waals surface area (Å²) in [5.41, 5.74) is 1.21. The van der Waals surface area contributed by atoms with E-state index in [1.807, 2.05) is 18.2 Å². The van der Waals surface area contributed by atoms with Gasteiger partial charge in [-0.15, -0.1) is 0 Å². The van der Waals surface area contributed by atoms with Gasteiger partial charge in [0.15, 0.2) is 0 Å². The quantitative estimate of drug-likeness (QED) is 0.843. The highest BCUT2D eigenvalue weighted by atomic mass is 16.5. The molecule has 6 heteroatoms. The van der Waals surface area contributed by atoms with Crippen molar-refractivity contribution in [2.75, 3.05) is 32.8 Å². The minimum Gasteiger partial charge on any atom is -0.492 e. The summed E-state index contributed by atoms with van der Waals surface area (Å²) in [5.74, 6) is 2.11. The van der Waals surface area contributed by atoms with Crippen LogP contribution < -0.4 is 4.74 Å². The summed E-state index contributed by atoms with van der Waals surface area (Å²) in [7, 11) is 0. The molecular weight excluding hydrogens is 282 g/mol. The Morgan fingerprint density at radius 3 is 3.05 bits per heavy atom. The molecule has 1 aromatic heterocycles. The number of hydrogen-bond acceptors (Lipinski definition) is 6. The first kappa shape index (κ1) is 15.0. The average Bonchev–Trinajstić information content (AvgIpc) is 2.94. The van der Waals surface area contributed by atoms with Crippen molar-refractivity contribution in [3.05, 3.63) is 41.5 Å². The molecule has 0 N–H and O–H groups in total. The molecule has 0 spiro atoms. The third-order valence-electron chi connectivity index (χ3n) is 3.65. The zero-order valence-corrected chi connectivity index (χ0v) is 13.0. The van der Waals surface area contributed by atoms with Gasteiger partial charge in [0.05, 0.1) is 6.61 Å². The Balaban J connectivity index is 1.48. The molecule has 3 rings (SSSR count). The molecule has 2 aromatic rings. The summed E-state index contributed by atoms with van der Waals surface area (Å²) in [6.45, 7) is 7.68. The van der Waals surface area contributed by atoms with Crippen LogP contribution in [0.2, 0.25) is 0 Å². The Morgan fingerprint density at radius 1 is 1.36 bits per heavy atom. The Morgan fingerprint density at radius 2 is 2.27 bits per heavy atom. The van der Waals surface area contributed by atoms with E-state index in [4.69, 9.17) is 14.0 Å². The molecule has 1 aromatic carbocycles. The Bertz CT molecular complexity index is 614. The largest absolute Gasteiger partial charge is 0.492 e. The van der Waals surface area contributed by atoms with Gasteiger partial charge in [0.1, 0.15) is 18.5 Å². The normalized spacial score (nSPS) is 19.3. The molecule has 0 amide bonds. The highest BCUT2D eigenvalue weighted by molar-refractivity contribution is 5.27. The van der Waals surface area contributed by atoms with Crippen LogP contribution in [-0.2, 0) is 4.74 Å². The van der Waals surface area contributed by atoms with Crippen LogP contribution in [0.15, 0.2) is 28.8 Å². The van der Waals surface area contributed by atoms with Crippen LogP contribution in [0.25, 0.3) is 0 Å². The predicted octanol–water partition coefficient (Wildman–Crippen LogP) is 2.14. The molecule has 1 aliphatic rings. The van der Waals surface area contributed by atoms with E-state index in [1.54, 1.807) is 6.92 Å². The van der Waals surface area contributed by atoms with E-state index in [9.17, 15) is 0 Å². The van der Waals surface area contributed by atoms with Gasteiger partial charge < -0.3 is 14.0 Å². The number of rotatable bonds is 5. The highest BCUT2D eigenvalue weighted by Gasteiger charge is 2.25. The van der Waals surface area contributed by atoms with E-state index in [0.717, 1.165) is 25.4 Å². The van der Waals surface area contributed by atoms with Crippen molar-refractivity contribution in [2.45, 2.75) is 20.0 Å². The van der Waals surface area contributed by atoms with Crippen molar-refractivity contribution < 1.29 is 14.0 Å². The molecule has 6 nitrogen and oxygen atoms in total. The third-order valence-corrected chi connectivity index (χ3v) is 3.65. The molecule has 1 fully saturated rings.